The zero-order valence-electron chi connectivity index (χ0n) is 10.7. The van der Waals surface area contributed by atoms with E-state index < -0.39 is 0 Å². The van der Waals surface area contributed by atoms with E-state index in [1.165, 1.54) is 30.2 Å². The number of amides is 1. The summed E-state index contributed by atoms with van der Waals surface area (Å²) in [4.78, 5) is 13.5. The standard InChI is InChI=1S/C13H14N2O4/c1-15(9-4-3-5-10(16)6-9)13(17)12-7-11(8-18-2)19-14-12/h3-7,16H,8H2,1-2H3. The van der Waals surface area contributed by atoms with E-state index in [1.807, 2.05) is 0 Å². The SMILES string of the molecule is COCc1cc(C(=O)N(C)c2cccc(O)c2)no1. The molecule has 19 heavy (non-hydrogen) atoms. The molecule has 0 aliphatic rings. The first-order chi connectivity index (χ1) is 9.11. The van der Waals surface area contributed by atoms with E-state index in [1.54, 1.807) is 19.2 Å². The van der Waals surface area contributed by atoms with E-state index in [0.717, 1.165) is 0 Å². The molecule has 0 unspecified atom stereocenters. The fourth-order valence-electron chi connectivity index (χ4n) is 1.61. The van der Waals surface area contributed by atoms with Gasteiger partial charge in [0.1, 0.15) is 12.4 Å². The van der Waals surface area contributed by atoms with Crippen LogP contribution in [0.25, 0.3) is 0 Å². The summed E-state index contributed by atoms with van der Waals surface area (Å²) in [7, 11) is 3.13. The van der Waals surface area contributed by atoms with Crippen molar-refractivity contribution in [2.24, 2.45) is 0 Å². The number of carbonyl (C=O) groups excluding carboxylic acids is 1. The molecule has 1 aromatic heterocycles. The number of carbonyl (C=O) groups is 1. The highest BCUT2D eigenvalue weighted by atomic mass is 16.5. The first-order valence-electron chi connectivity index (χ1n) is 5.63. The lowest BCUT2D eigenvalue weighted by Gasteiger charge is -2.15. The first-order valence-corrected chi connectivity index (χ1v) is 5.63. The third kappa shape index (κ3) is 2.92. The molecule has 0 saturated carbocycles. The third-order valence-corrected chi connectivity index (χ3v) is 2.59. The molecule has 0 atom stereocenters. The Bertz CT molecular complexity index is 580. The van der Waals surface area contributed by atoms with Gasteiger partial charge in [-0.05, 0) is 12.1 Å². The first kappa shape index (κ1) is 13.1. The Hall–Kier alpha value is -2.34. The highest BCUT2D eigenvalue weighted by Gasteiger charge is 2.18. The zero-order chi connectivity index (χ0) is 13.8. The summed E-state index contributed by atoms with van der Waals surface area (Å²) in [5.74, 6) is 0.254. The highest BCUT2D eigenvalue weighted by molar-refractivity contribution is 6.04. The van der Waals surface area contributed by atoms with Crippen LogP contribution in [-0.4, -0.2) is 30.3 Å². The van der Waals surface area contributed by atoms with Crippen molar-refractivity contribution in [1.82, 2.24) is 5.16 Å². The van der Waals surface area contributed by atoms with Crippen LogP contribution in [0.4, 0.5) is 5.69 Å². The molecule has 1 aromatic carbocycles. The number of hydrogen-bond donors (Lipinski definition) is 1. The fraction of sp³-hybridized carbons (Fsp3) is 0.231. The van der Waals surface area contributed by atoms with E-state index in [4.69, 9.17) is 9.26 Å². The van der Waals surface area contributed by atoms with Crippen LogP contribution in [0.2, 0.25) is 0 Å². The largest absolute Gasteiger partial charge is 0.508 e. The minimum Gasteiger partial charge on any atom is -0.508 e. The molecule has 0 bridgehead atoms. The summed E-state index contributed by atoms with van der Waals surface area (Å²) in [6.45, 7) is 0.260. The number of phenolic OH excluding ortho intramolecular Hbond substituents is 1. The molecule has 1 heterocycles. The van der Waals surface area contributed by atoms with Crippen molar-refractivity contribution in [3.05, 3.63) is 41.8 Å². The van der Waals surface area contributed by atoms with E-state index in [-0.39, 0.29) is 24.0 Å². The predicted octanol–water partition coefficient (Wildman–Crippen LogP) is 1.80. The Kier molecular flexibility index (Phi) is 3.82. The van der Waals surface area contributed by atoms with Crippen LogP contribution in [0, 0.1) is 0 Å². The van der Waals surface area contributed by atoms with Gasteiger partial charge in [0.2, 0.25) is 0 Å². The number of aromatic hydroxyl groups is 1. The summed E-state index contributed by atoms with van der Waals surface area (Å²) in [5.41, 5.74) is 0.763. The molecular weight excluding hydrogens is 248 g/mol. The number of nitrogens with zero attached hydrogens (tertiary/aromatic N) is 2. The summed E-state index contributed by atoms with van der Waals surface area (Å²) >= 11 is 0. The zero-order valence-corrected chi connectivity index (χ0v) is 10.7. The Morgan fingerprint density at radius 3 is 2.95 bits per heavy atom. The van der Waals surface area contributed by atoms with Gasteiger partial charge >= 0.3 is 0 Å². The molecule has 0 aliphatic carbocycles. The lowest BCUT2D eigenvalue weighted by Crippen LogP contribution is -2.26. The summed E-state index contributed by atoms with van der Waals surface area (Å²) < 4.78 is 9.85. The van der Waals surface area contributed by atoms with Crippen LogP contribution in [0.15, 0.2) is 34.9 Å². The number of methoxy groups -OCH3 is 1. The van der Waals surface area contributed by atoms with Crippen LogP contribution < -0.4 is 4.90 Å². The number of anilines is 1. The lowest BCUT2D eigenvalue weighted by atomic mass is 10.2. The van der Waals surface area contributed by atoms with Gasteiger partial charge in [-0.15, -0.1) is 0 Å². The van der Waals surface area contributed by atoms with Crippen molar-refractivity contribution >= 4 is 11.6 Å². The van der Waals surface area contributed by atoms with E-state index in [0.29, 0.717) is 11.4 Å². The van der Waals surface area contributed by atoms with Crippen LogP contribution in [-0.2, 0) is 11.3 Å². The molecule has 0 aliphatic heterocycles. The number of hydrogen-bond acceptors (Lipinski definition) is 5. The summed E-state index contributed by atoms with van der Waals surface area (Å²) in [6, 6.07) is 7.94. The van der Waals surface area contributed by atoms with Crippen molar-refractivity contribution in [1.29, 1.82) is 0 Å². The Labute approximate surface area is 110 Å². The second-order valence-corrected chi connectivity index (χ2v) is 4.00. The van der Waals surface area contributed by atoms with Gasteiger partial charge in [-0.2, -0.15) is 0 Å². The van der Waals surface area contributed by atoms with Crippen molar-refractivity contribution in [3.63, 3.8) is 0 Å². The maximum atomic E-state index is 12.2. The van der Waals surface area contributed by atoms with E-state index in [9.17, 15) is 9.90 Å². The smallest absolute Gasteiger partial charge is 0.280 e. The molecular formula is C13H14N2O4. The van der Waals surface area contributed by atoms with Gasteiger partial charge in [-0.25, -0.2) is 0 Å². The molecule has 6 heteroatoms. The number of phenols is 1. The van der Waals surface area contributed by atoms with E-state index in [2.05, 4.69) is 5.16 Å². The van der Waals surface area contributed by atoms with Gasteiger partial charge in [0.05, 0.1) is 0 Å². The molecule has 0 spiro atoms. The van der Waals surface area contributed by atoms with Crippen molar-refractivity contribution < 1.29 is 19.2 Å². The topological polar surface area (TPSA) is 75.8 Å². The number of ether oxygens (including phenoxy) is 1. The predicted molar refractivity (Wildman–Crippen MR) is 68.1 cm³/mol. The fourth-order valence-corrected chi connectivity index (χ4v) is 1.61. The second-order valence-electron chi connectivity index (χ2n) is 4.00. The van der Waals surface area contributed by atoms with Crippen molar-refractivity contribution in [2.45, 2.75) is 6.61 Å². The molecule has 1 amide bonds. The Morgan fingerprint density at radius 1 is 1.47 bits per heavy atom. The average molecular weight is 262 g/mol. The molecule has 0 saturated heterocycles. The van der Waals surface area contributed by atoms with Crippen molar-refractivity contribution in [3.8, 4) is 5.75 Å². The van der Waals surface area contributed by atoms with Crippen LogP contribution in [0.3, 0.4) is 0 Å². The minimum absolute atomic E-state index is 0.0948. The Balaban J connectivity index is 2.18. The van der Waals surface area contributed by atoms with E-state index >= 15 is 0 Å². The lowest BCUT2D eigenvalue weighted by molar-refractivity contribution is 0.0983. The van der Waals surface area contributed by atoms with Crippen LogP contribution in [0.5, 0.6) is 5.75 Å². The maximum absolute atomic E-state index is 12.2. The second kappa shape index (κ2) is 5.53. The summed E-state index contributed by atoms with van der Waals surface area (Å²) in [6.07, 6.45) is 0. The molecule has 0 radical (unpaired) electrons. The average Bonchev–Trinajstić information content (AvgIpc) is 2.86. The molecule has 6 nitrogen and oxygen atoms in total. The Morgan fingerprint density at radius 2 is 2.26 bits per heavy atom. The van der Waals surface area contributed by atoms with Gasteiger partial charge in [-0.3, -0.25) is 4.79 Å². The minimum atomic E-state index is -0.322. The highest BCUT2D eigenvalue weighted by Crippen LogP contribution is 2.20. The van der Waals surface area contributed by atoms with Crippen LogP contribution >= 0.6 is 0 Å². The third-order valence-electron chi connectivity index (χ3n) is 2.59. The molecule has 1 N–H and O–H groups in total. The molecule has 100 valence electrons. The summed E-state index contributed by atoms with van der Waals surface area (Å²) in [5, 5.41) is 13.1. The van der Waals surface area contributed by atoms with Gasteiger partial charge < -0.3 is 19.3 Å². The molecule has 0 fully saturated rings. The number of aromatic nitrogens is 1. The molecule has 2 rings (SSSR count). The number of rotatable bonds is 4. The monoisotopic (exact) mass is 262 g/mol. The quantitative estimate of drug-likeness (QED) is 0.909. The molecule has 2 aromatic rings. The van der Waals surface area contributed by atoms with Crippen molar-refractivity contribution in [2.75, 3.05) is 19.1 Å². The van der Waals surface area contributed by atoms with Crippen LogP contribution in [0.1, 0.15) is 16.2 Å². The van der Waals surface area contributed by atoms with Gasteiger partial charge in [0.15, 0.2) is 11.5 Å². The van der Waals surface area contributed by atoms with Gasteiger partial charge in [0, 0.05) is 32.0 Å². The van der Waals surface area contributed by atoms with Gasteiger partial charge in [0.25, 0.3) is 5.91 Å². The maximum Gasteiger partial charge on any atom is 0.280 e. The number of benzene rings is 1. The van der Waals surface area contributed by atoms with Gasteiger partial charge in [-0.1, -0.05) is 11.2 Å². The normalized spacial score (nSPS) is 10.4.